The molecule has 0 aliphatic rings. The van der Waals surface area contributed by atoms with Crippen LogP contribution in [-0.4, -0.2) is 13.2 Å². The molecule has 0 spiro atoms. The first-order chi connectivity index (χ1) is 8.45. The summed E-state index contributed by atoms with van der Waals surface area (Å²) in [5, 5.41) is 0. The van der Waals surface area contributed by atoms with Crippen molar-refractivity contribution in [2.75, 3.05) is 7.11 Å². The van der Waals surface area contributed by atoms with E-state index >= 15 is 0 Å². The Morgan fingerprint density at radius 1 is 1.17 bits per heavy atom. The van der Waals surface area contributed by atoms with Crippen LogP contribution in [0.3, 0.4) is 0 Å². The Labute approximate surface area is 112 Å². The standard InChI is InChI=1S/C16H27NO/c1-11(2)15(17)8-6-7-14-9-13(4)16(18-5)10-12(14)3/h9-11,15H,6-8,17H2,1-5H3. The third-order valence-electron chi connectivity index (χ3n) is 3.69. The summed E-state index contributed by atoms with van der Waals surface area (Å²) in [6.45, 7) is 8.63. The van der Waals surface area contributed by atoms with Crippen LogP contribution < -0.4 is 10.5 Å². The van der Waals surface area contributed by atoms with Crippen molar-refractivity contribution in [1.29, 1.82) is 0 Å². The van der Waals surface area contributed by atoms with Gasteiger partial charge in [0.05, 0.1) is 7.11 Å². The van der Waals surface area contributed by atoms with Crippen molar-refractivity contribution < 1.29 is 4.74 Å². The number of rotatable bonds is 6. The van der Waals surface area contributed by atoms with E-state index in [4.69, 9.17) is 10.5 Å². The molecule has 0 aromatic heterocycles. The first-order valence-corrected chi connectivity index (χ1v) is 6.85. The van der Waals surface area contributed by atoms with Crippen molar-refractivity contribution in [3.8, 4) is 5.75 Å². The molecule has 0 heterocycles. The maximum atomic E-state index is 6.07. The predicted molar refractivity (Wildman–Crippen MR) is 78.2 cm³/mol. The molecule has 18 heavy (non-hydrogen) atoms. The highest BCUT2D eigenvalue weighted by molar-refractivity contribution is 5.41. The summed E-state index contributed by atoms with van der Waals surface area (Å²) in [7, 11) is 1.73. The van der Waals surface area contributed by atoms with Gasteiger partial charge in [-0.2, -0.15) is 0 Å². The minimum Gasteiger partial charge on any atom is -0.496 e. The van der Waals surface area contributed by atoms with E-state index in [2.05, 4.69) is 39.8 Å². The molecule has 1 atom stereocenters. The number of aryl methyl sites for hydroxylation is 3. The first-order valence-electron chi connectivity index (χ1n) is 6.85. The van der Waals surface area contributed by atoms with Crippen LogP contribution in [0, 0.1) is 19.8 Å². The fraction of sp³-hybridized carbons (Fsp3) is 0.625. The highest BCUT2D eigenvalue weighted by Gasteiger charge is 2.09. The van der Waals surface area contributed by atoms with Crippen molar-refractivity contribution in [3.63, 3.8) is 0 Å². The number of nitrogens with two attached hydrogens (primary N) is 1. The van der Waals surface area contributed by atoms with Crippen molar-refractivity contribution in [1.82, 2.24) is 0 Å². The molecule has 0 aliphatic carbocycles. The Balaban J connectivity index is 2.60. The minimum absolute atomic E-state index is 0.324. The molecule has 2 N–H and O–H groups in total. The summed E-state index contributed by atoms with van der Waals surface area (Å²) >= 11 is 0. The number of benzene rings is 1. The Kier molecular flexibility index (Phi) is 5.67. The van der Waals surface area contributed by atoms with Crippen LogP contribution in [0.5, 0.6) is 5.75 Å². The van der Waals surface area contributed by atoms with Gasteiger partial charge in [-0.15, -0.1) is 0 Å². The number of ether oxygens (including phenoxy) is 1. The summed E-state index contributed by atoms with van der Waals surface area (Å²) in [5.74, 6) is 1.55. The quantitative estimate of drug-likeness (QED) is 0.835. The third kappa shape index (κ3) is 4.02. The maximum absolute atomic E-state index is 6.07. The SMILES string of the molecule is COc1cc(C)c(CCCC(N)C(C)C)cc1C. The van der Waals surface area contributed by atoms with Gasteiger partial charge in [0, 0.05) is 6.04 Å². The molecule has 0 radical (unpaired) electrons. The molecular weight excluding hydrogens is 222 g/mol. The van der Waals surface area contributed by atoms with Gasteiger partial charge in [-0.1, -0.05) is 19.9 Å². The second-order valence-electron chi connectivity index (χ2n) is 5.55. The van der Waals surface area contributed by atoms with Crippen LogP contribution in [0.1, 0.15) is 43.4 Å². The van der Waals surface area contributed by atoms with Gasteiger partial charge in [-0.05, 0) is 61.8 Å². The number of methoxy groups -OCH3 is 1. The van der Waals surface area contributed by atoms with E-state index in [0.717, 1.165) is 25.0 Å². The molecule has 102 valence electrons. The van der Waals surface area contributed by atoms with Gasteiger partial charge in [0.1, 0.15) is 5.75 Å². The largest absolute Gasteiger partial charge is 0.496 e. The molecule has 0 aliphatic heterocycles. The molecule has 1 unspecified atom stereocenters. The molecule has 0 bridgehead atoms. The second-order valence-corrected chi connectivity index (χ2v) is 5.55. The molecule has 0 amide bonds. The topological polar surface area (TPSA) is 35.2 Å². The Hall–Kier alpha value is -1.02. The van der Waals surface area contributed by atoms with Crippen molar-refractivity contribution >= 4 is 0 Å². The summed E-state index contributed by atoms with van der Waals surface area (Å²) in [6, 6.07) is 4.70. The zero-order chi connectivity index (χ0) is 13.7. The van der Waals surface area contributed by atoms with Gasteiger partial charge in [0.15, 0.2) is 0 Å². The lowest BCUT2D eigenvalue weighted by Gasteiger charge is -2.16. The monoisotopic (exact) mass is 249 g/mol. The van der Waals surface area contributed by atoms with E-state index in [1.54, 1.807) is 7.11 Å². The summed E-state index contributed by atoms with van der Waals surface area (Å²) < 4.78 is 5.33. The summed E-state index contributed by atoms with van der Waals surface area (Å²) in [4.78, 5) is 0. The van der Waals surface area contributed by atoms with E-state index in [1.807, 2.05) is 0 Å². The van der Waals surface area contributed by atoms with Crippen LogP contribution in [0.25, 0.3) is 0 Å². The fourth-order valence-corrected chi connectivity index (χ4v) is 2.20. The molecule has 0 saturated carbocycles. The highest BCUT2D eigenvalue weighted by Crippen LogP contribution is 2.23. The molecule has 1 rings (SSSR count). The van der Waals surface area contributed by atoms with Crippen LogP contribution in [0.15, 0.2) is 12.1 Å². The lowest BCUT2D eigenvalue weighted by atomic mass is 9.95. The molecule has 1 aromatic carbocycles. The highest BCUT2D eigenvalue weighted by atomic mass is 16.5. The lowest BCUT2D eigenvalue weighted by molar-refractivity contribution is 0.411. The van der Waals surface area contributed by atoms with Crippen molar-refractivity contribution in [2.45, 2.75) is 53.0 Å². The van der Waals surface area contributed by atoms with Crippen LogP contribution in [-0.2, 0) is 6.42 Å². The first kappa shape index (κ1) is 15.0. The zero-order valence-corrected chi connectivity index (χ0v) is 12.4. The van der Waals surface area contributed by atoms with Crippen LogP contribution in [0.2, 0.25) is 0 Å². The molecule has 0 fully saturated rings. The average Bonchev–Trinajstić information content (AvgIpc) is 2.32. The number of hydrogen-bond acceptors (Lipinski definition) is 2. The Morgan fingerprint density at radius 3 is 2.39 bits per heavy atom. The lowest BCUT2D eigenvalue weighted by Crippen LogP contribution is -2.26. The molecular formula is C16H27NO. The van der Waals surface area contributed by atoms with Gasteiger partial charge < -0.3 is 10.5 Å². The summed E-state index contributed by atoms with van der Waals surface area (Å²) in [5.41, 5.74) is 10.0. The maximum Gasteiger partial charge on any atom is 0.122 e. The molecule has 2 heteroatoms. The Bertz CT molecular complexity index is 385. The summed E-state index contributed by atoms with van der Waals surface area (Å²) in [6.07, 6.45) is 3.37. The smallest absolute Gasteiger partial charge is 0.122 e. The molecule has 0 saturated heterocycles. The zero-order valence-electron chi connectivity index (χ0n) is 12.4. The third-order valence-corrected chi connectivity index (χ3v) is 3.69. The fourth-order valence-electron chi connectivity index (χ4n) is 2.20. The van der Waals surface area contributed by atoms with Crippen molar-refractivity contribution in [3.05, 3.63) is 28.8 Å². The molecule has 2 nitrogen and oxygen atoms in total. The van der Waals surface area contributed by atoms with Gasteiger partial charge >= 0.3 is 0 Å². The van der Waals surface area contributed by atoms with E-state index in [9.17, 15) is 0 Å². The van der Waals surface area contributed by atoms with Gasteiger partial charge in [-0.3, -0.25) is 0 Å². The normalized spacial score (nSPS) is 12.8. The van der Waals surface area contributed by atoms with E-state index in [1.165, 1.54) is 16.7 Å². The van der Waals surface area contributed by atoms with Gasteiger partial charge in [0.2, 0.25) is 0 Å². The van der Waals surface area contributed by atoms with Crippen molar-refractivity contribution in [2.24, 2.45) is 11.7 Å². The second kappa shape index (κ2) is 6.79. The average molecular weight is 249 g/mol. The van der Waals surface area contributed by atoms with Gasteiger partial charge in [0.25, 0.3) is 0 Å². The Morgan fingerprint density at radius 2 is 1.83 bits per heavy atom. The van der Waals surface area contributed by atoms with Crippen LogP contribution in [0.4, 0.5) is 0 Å². The predicted octanol–water partition coefficient (Wildman–Crippen LogP) is 3.62. The minimum atomic E-state index is 0.324. The van der Waals surface area contributed by atoms with Gasteiger partial charge in [-0.25, -0.2) is 0 Å². The molecule has 1 aromatic rings. The number of hydrogen-bond donors (Lipinski definition) is 1. The van der Waals surface area contributed by atoms with E-state index in [-0.39, 0.29) is 0 Å². The van der Waals surface area contributed by atoms with Crippen LogP contribution >= 0.6 is 0 Å². The van der Waals surface area contributed by atoms with E-state index < -0.39 is 0 Å². The van der Waals surface area contributed by atoms with E-state index in [0.29, 0.717) is 12.0 Å².